The van der Waals surface area contributed by atoms with Gasteiger partial charge in [0.1, 0.15) is 11.8 Å². The van der Waals surface area contributed by atoms with Gasteiger partial charge in [-0.3, -0.25) is 4.79 Å². The fourth-order valence-corrected chi connectivity index (χ4v) is 4.50. The third-order valence-electron chi connectivity index (χ3n) is 4.26. The van der Waals surface area contributed by atoms with Gasteiger partial charge in [-0.2, -0.15) is 0 Å². The predicted octanol–water partition coefficient (Wildman–Crippen LogP) is 2.66. The van der Waals surface area contributed by atoms with E-state index >= 15 is 0 Å². The number of hydrogen-bond acceptors (Lipinski definition) is 4. The Labute approximate surface area is 128 Å². The van der Waals surface area contributed by atoms with Crippen LogP contribution in [0.3, 0.4) is 0 Å². The topological polar surface area (TPSA) is 46.6 Å². The number of aryl methyl sites for hydroxylation is 2. The second-order valence-electron chi connectivity index (χ2n) is 5.96. The molecule has 5 heteroatoms. The fraction of sp³-hybridized carbons (Fsp3) is 0.500. The van der Waals surface area contributed by atoms with Gasteiger partial charge >= 0.3 is 5.97 Å². The maximum absolute atomic E-state index is 12.5. The average Bonchev–Trinajstić information content (AvgIpc) is 2.90. The molecular weight excluding hydrogens is 286 g/mol. The molecule has 2 saturated heterocycles. The maximum Gasteiger partial charge on any atom is 0.335 e. The van der Waals surface area contributed by atoms with E-state index in [4.69, 9.17) is 4.74 Å². The number of thioether (sulfide) groups is 1. The van der Waals surface area contributed by atoms with Gasteiger partial charge in [0.25, 0.3) is 0 Å². The van der Waals surface area contributed by atoms with E-state index in [9.17, 15) is 9.59 Å². The molecule has 2 aliphatic heterocycles. The minimum Gasteiger partial charge on any atom is -0.425 e. The molecule has 4 nitrogen and oxygen atoms in total. The van der Waals surface area contributed by atoms with E-state index in [1.807, 2.05) is 39.0 Å². The first-order chi connectivity index (χ1) is 9.90. The van der Waals surface area contributed by atoms with Crippen LogP contribution in [0.2, 0.25) is 0 Å². The minimum atomic E-state index is -0.462. The van der Waals surface area contributed by atoms with Gasteiger partial charge < -0.3 is 9.64 Å². The molecule has 2 heterocycles. The highest BCUT2D eigenvalue weighted by molar-refractivity contribution is 8.01. The summed E-state index contributed by atoms with van der Waals surface area (Å²) in [4.78, 5) is 26.0. The highest BCUT2D eigenvalue weighted by Crippen LogP contribution is 2.47. The Hall–Kier alpha value is -1.49. The smallest absolute Gasteiger partial charge is 0.335 e. The lowest BCUT2D eigenvalue weighted by Gasteiger charge is -2.29. The molecule has 2 atom stereocenters. The molecule has 21 heavy (non-hydrogen) atoms. The molecule has 0 bridgehead atoms. The summed E-state index contributed by atoms with van der Waals surface area (Å²) in [7, 11) is 0. The first-order valence-corrected chi connectivity index (χ1v) is 8.14. The molecule has 1 aromatic rings. The van der Waals surface area contributed by atoms with Gasteiger partial charge in [-0.15, -0.1) is 11.8 Å². The third-order valence-corrected chi connectivity index (χ3v) is 5.76. The third kappa shape index (κ3) is 2.44. The van der Waals surface area contributed by atoms with Crippen molar-refractivity contribution in [2.75, 3.05) is 5.75 Å². The van der Waals surface area contributed by atoms with E-state index in [2.05, 4.69) is 0 Å². The summed E-state index contributed by atoms with van der Waals surface area (Å²) in [5.41, 5.74) is 2.07. The highest BCUT2D eigenvalue weighted by atomic mass is 32.2. The van der Waals surface area contributed by atoms with Gasteiger partial charge in [0.05, 0.1) is 4.87 Å². The second-order valence-corrected chi connectivity index (χ2v) is 7.46. The van der Waals surface area contributed by atoms with Crippen molar-refractivity contribution in [1.82, 2.24) is 4.90 Å². The van der Waals surface area contributed by atoms with E-state index in [1.165, 1.54) is 0 Å². The van der Waals surface area contributed by atoms with E-state index in [0.717, 1.165) is 17.5 Å². The van der Waals surface area contributed by atoms with Crippen molar-refractivity contribution < 1.29 is 14.3 Å². The SMILES string of the molecule is Cc1ccc(OC(=O)C2CSC3(C)CCC(=O)N23)c(C)c1. The lowest BCUT2D eigenvalue weighted by molar-refractivity contribution is -0.146. The number of fused-ring (bicyclic) bond motifs is 1. The van der Waals surface area contributed by atoms with Crippen molar-refractivity contribution in [3.8, 4) is 5.75 Å². The van der Waals surface area contributed by atoms with E-state index in [0.29, 0.717) is 17.9 Å². The number of amides is 1. The maximum atomic E-state index is 12.5. The number of hydrogen-bond donors (Lipinski definition) is 0. The molecule has 0 aromatic heterocycles. The van der Waals surface area contributed by atoms with Crippen LogP contribution in [0.5, 0.6) is 5.75 Å². The van der Waals surface area contributed by atoms with Gasteiger partial charge in [0, 0.05) is 12.2 Å². The quantitative estimate of drug-likeness (QED) is 0.622. The Morgan fingerprint density at radius 3 is 2.90 bits per heavy atom. The molecule has 0 aliphatic carbocycles. The minimum absolute atomic E-state index is 0.0603. The molecule has 0 radical (unpaired) electrons. The van der Waals surface area contributed by atoms with Crippen LogP contribution in [0.25, 0.3) is 0 Å². The molecular formula is C16H19NO3S. The van der Waals surface area contributed by atoms with Crippen molar-refractivity contribution in [2.45, 2.75) is 44.5 Å². The van der Waals surface area contributed by atoms with Crippen LogP contribution >= 0.6 is 11.8 Å². The summed E-state index contributed by atoms with van der Waals surface area (Å²) in [6, 6.07) is 5.26. The fourth-order valence-electron chi connectivity index (χ4n) is 3.09. The monoisotopic (exact) mass is 305 g/mol. The number of carbonyl (C=O) groups excluding carboxylic acids is 2. The number of carbonyl (C=O) groups is 2. The summed E-state index contributed by atoms with van der Waals surface area (Å²) in [6.07, 6.45) is 1.33. The van der Waals surface area contributed by atoms with Crippen LogP contribution in [-0.2, 0) is 9.59 Å². The van der Waals surface area contributed by atoms with Crippen LogP contribution in [-0.4, -0.2) is 33.4 Å². The highest BCUT2D eigenvalue weighted by Gasteiger charge is 2.53. The lowest BCUT2D eigenvalue weighted by Crippen LogP contribution is -2.47. The van der Waals surface area contributed by atoms with Crippen LogP contribution in [0, 0.1) is 13.8 Å². The van der Waals surface area contributed by atoms with Gasteiger partial charge in [-0.05, 0) is 38.8 Å². The number of nitrogens with zero attached hydrogens (tertiary/aromatic N) is 1. The Kier molecular flexibility index (Phi) is 3.48. The summed E-state index contributed by atoms with van der Waals surface area (Å²) < 4.78 is 5.54. The molecule has 1 amide bonds. The molecule has 1 aromatic carbocycles. The first-order valence-electron chi connectivity index (χ1n) is 7.16. The zero-order valence-electron chi connectivity index (χ0n) is 12.5. The molecule has 2 fully saturated rings. The van der Waals surface area contributed by atoms with Gasteiger partial charge in [-0.25, -0.2) is 4.79 Å². The normalized spacial score (nSPS) is 27.9. The number of rotatable bonds is 2. The Morgan fingerprint density at radius 1 is 1.43 bits per heavy atom. The van der Waals surface area contributed by atoms with Crippen molar-refractivity contribution in [3.63, 3.8) is 0 Å². The summed E-state index contributed by atoms with van der Waals surface area (Å²) in [5, 5.41) is 0. The number of ether oxygens (including phenoxy) is 1. The standard InChI is InChI=1S/C16H19NO3S/c1-10-4-5-13(11(2)8-10)20-15(19)12-9-21-16(3)7-6-14(18)17(12)16/h4-5,8,12H,6-7,9H2,1-3H3. The zero-order valence-corrected chi connectivity index (χ0v) is 13.3. The van der Waals surface area contributed by atoms with Crippen molar-refractivity contribution >= 4 is 23.6 Å². The lowest BCUT2D eigenvalue weighted by atomic mass is 10.1. The Balaban J connectivity index is 1.78. The molecule has 2 unspecified atom stereocenters. The van der Waals surface area contributed by atoms with Crippen LogP contribution in [0.4, 0.5) is 0 Å². The number of esters is 1. The molecule has 0 N–H and O–H groups in total. The van der Waals surface area contributed by atoms with Crippen LogP contribution in [0.15, 0.2) is 18.2 Å². The molecule has 0 spiro atoms. The van der Waals surface area contributed by atoms with Crippen LogP contribution < -0.4 is 4.74 Å². The number of benzene rings is 1. The van der Waals surface area contributed by atoms with E-state index < -0.39 is 6.04 Å². The van der Waals surface area contributed by atoms with E-state index in [1.54, 1.807) is 16.7 Å². The van der Waals surface area contributed by atoms with Gasteiger partial charge in [0.2, 0.25) is 5.91 Å². The molecule has 112 valence electrons. The largest absolute Gasteiger partial charge is 0.425 e. The average molecular weight is 305 g/mol. The molecule has 3 rings (SSSR count). The molecule has 0 saturated carbocycles. The summed E-state index contributed by atoms with van der Waals surface area (Å²) >= 11 is 1.68. The Bertz CT molecular complexity index is 616. The Morgan fingerprint density at radius 2 is 2.19 bits per heavy atom. The van der Waals surface area contributed by atoms with Crippen molar-refractivity contribution in [1.29, 1.82) is 0 Å². The summed E-state index contributed by atoms with van der Waals surface area (Å²) in [5.74, 6) is 0.931. The summed E-state index contributed by atoms with van der Waals surface area (Å²) in [6.45, 7) is 5.96. The second kappa shape index (κ2) is 5.05. The van der Waals surface area contributed by atoms with Crippen LogP contribution in [0.1, 0.15) is 30.9 Å². The van der Waals surface area contributed by atoms with Gasteiger partial charge in [-0.1, -0.05) is 17.7 Å². The van der Waals surface area contributed by atoms with Crippen molar-refractivity contribution in [2.24, 2.45) is 0 Å². The molecule has 2 aliphatic rings. The zero-order chi connectivity index (χ0) is 15.2. The van der Waals surface area contributed by atoms with E-state index in [-0.39, 0.29) is 16.7 Å². The predicted molar refractivity (Wildman–Crippen MR) is 82.3 cm³/mol. The van der Waals surface area contributed by atoms with Crippen molar-refractivity contribution in [3.05, 3.63) is 29.3 Å². The first kappa shape index (κ1) is 14.4. The van der Waals surface area contributed by atoms with Gasteiger partial charge in [0.15, 0.2) is 0 Å².